The lowest BCUT2D eigenvalue weighted by Crippen LogP contribution is -2.17. The van der Waals surface area contributed by atoms with Gasteiger partial charge in [-0.15, -0.1) is 0 Å². The molecule has 6 nitrogen and oxygen atoms in total. The van der Waals surface area contributed by atoms with Gasteiger partial charge in [-0.05, 0) is 24.3 Å². The molecule has 0 radical (unpaired) electrons. The van der Waals surface area contributed by atoms with E-state index >= 15 is 0 Å². The molecule has 0 bridgehead atoms. The predicted octanol–water partition coefficient (Wildman–Crippen LogP) is 4.50. The Kier molecular flexibility index (Phi) is 5.24. The van der Waals surface area contributed by atoms with Gasteiger partial charge in [0.1, 0.15) is 0 Å². The van der Waals surface area contributed by atoms with E-state index in [-0.39, 0.29) is 5.56 Å². The Labute approximate surface area is 182 Å². The molecule has 5 rings (SSSR count). The maximum atomic E-state index is 13.3. The van der Waals surface area contributed by atoms with E-state index in [1.165, 1.54) is 16.0 Å². The minimum atomic E-state index is -0.167. The van der Waals surface area contributed by atoms with Crippen LogP contribution in [0.4, 0.5) is 0 Å². The van der Waals surface area contributed by atoms with E-state index in [1.807, 2.05) is 72.8 Å². The lowest BCUT2D eigenvalue weighted by atomic mass is 10.1. The zero-order valence-corrected chi connectivity index (χ0v) is 17.4. The van der Waals surface area contributed by atoms with E-state index in [4.69, 9.17) is 0 Å². The molecule has 0 aliphatic rings. The summed E-state index contributed by atoms with van der Waals surface area (Å²) in [6.07, 6.45) is 4.15. The Morgan fingerprint density at radius 2 is 1.81 bits per heavy atom. The fourth-order valence-corrected chi connectivity index (χ4v) is 4.29. The molecule has 0 saturated carbocycles. The topological polar surface area (TPSA) is 75.9 Å². The zero-order valence-electron chi connectivity index (χ0n) is 16.6. The standard InChI is InChI=1S/C24H19N5OS/c30-23-19(16-25-15-13-18-10-6-7-14-26-18)22(17-8-2-1-3-9-17)28-29(23)24-27-20-11-4-5-12-21(20)31-24/h1-12,14,16,28H,13,15H2/b25-16-. The smallest absolute Gasteiger partial charge is 0.282 e. The van der Waals surface area contributed by atoms with Crippen molar-refractivity contribution in [3.05, 3.63) is 101 Å². The van der Waals surface area contributed by atoms with Crippen molar-refractivity contribution in [1.82, 2.24) is 19.7 Å². The number of aliphatic imine (C=N–C) groups is 1. The van der Waals surface area contributed by atoms with E-state index in [0.29, 0.717) is 23.7 Å². The Hall–Kier alpha value is -3.84. The van der Waals surface area contributed by atoms with Crippen molar-refractivity contribution in [3.63, 3.8) is 0 Å². The summed E-state index contributed by atoms with van der Waals surface area (Å²) in [5.41, 5.74) is 3.85. The average Bonchev–Trinajstić information content (AvgIpc) is 3.39. The van der Waals surface area contributed by atoms with Crippen molar-refractivity contribution in [2.24, 2.45) is 4.99 Å². The fourth-order valence-electron chi connectivity index (χ4n) is 3.37. The van der Waals surface area contributed by atoms with E-state index in [2.05, 4.69) is 20.1 Å². The lowest BCUT2D eigenvalue weighted by Gasteiger charge is -1.99. The molecule has 0 spiro atoms. The third-order valence-electron chi connectivity index (χ3n) is 4.91. The van der Waals surface area contributed by atoms with E-state index in [9.17, 15) is 4.79 Å². The summed E-state index contributed by atoms with van der Waals surface area (Å²) in [5, 5.41) is 3.86. The predicted molar refractivity (Wildman–Crippen MR) is 125 cm³/mol. The van der Waals surface area contributed by atoms with Crippen LogP contribution in [0.2, 0.25) is 0 Å². The molecule has 0 aliphatic carbocycles. The highest BCUT2D eigenvalue weighted by atomic mass is 32.1. The third kappa shape index (κ3) is 3.95. The van der Waals surface area contributed by atoms with Gasteiger partial charge in [-0.2, -0.15) is 4.68 Å². The summed E-state index contributed by atoms with van der Waals surface area (Å²) in [6, 6.07) is 23.5. The maximum Gasteiger partial charge on any atom is 0.282 e. The molecule has 0 fully saturated rings. The molecule has 3 aromatic heterocycles. The van der Waals surface area contributed by atoms with E-state index < -0.39 is 0 Å². The molecular weight excluding hydrogens is 406 g/mol. The van der Waals surface area contributed by atoms with Gasteiger partial charge in [0, 0.05) is 36.6 Å². The number of hydrogen-bond donors (Lipinski definition) is 1. The summed E-state index contributed by atoms with van der Waals surface area (Å²) in [6.45, 7) is 0.553. The minimum absolute atomic E-state index is 0.167. The Morgan fingerprint density at radius 3 is 2.61 bits per heavy atom. The van der Waals surface area contributed by atoms with Crippen molar-refractivity contribution in [2.45, 2.75) is 6.42 Å². The second kappa shape index (κ2) is 8.49. The number of benzene rings is 2. The van der Waals surface area contributed by atoms with Gasteiger partial charge in [0.2, 0.25) is 5.13 Å². The van der Waals surface area contributed by atoms with Crippen molar-refractivity contribution in [2.75, 3.05) is 6.54 Å². The molecule has 152 valence electrons. The first kappa shape index (κ1) is 19.1. The molecule has 7 heteroatoms. The van der Waals surface area contributed by atoms with Crippen LogP contribution in [0, 0.1) is 0 Å². The fraction of sp³-hybridized carbons (Fsp3) is 0.0833. The van der Waals surface area contributed by atoms with Gasteiger partial charge in [0.15, 0.2) is 0 Å². The van der Waals surface area contributed by atoms with Crippen molar-refractivity contribution in [3.8, 4) is 16.4 Å². The molecule has 31 heavy (non-hydrogen) atoms. The number of para-hydroxylation sites is 1. The second-order valence-corrected chi connectivity index (χ2v) is 7.99. The van der Waals surface area contributed by atoms with Crippen LogP contribution < -0.4 is 5.56 Å². The van der Waals surface area contributed by atoms with Crippen LogP contribution in [-0.2, 0) is 6.42 Å². The summed E-state index contributed by atoms with van der Waals surface area (Å²) in [7, 11) is 0. The average molecular weight is 426 g/mol. The van der Waals surface area contributed by atoms with Crippen LogP contribution in [0.1, 0.15) is 11.3 Å². The van der Waals surface area contributed by atoms with Gasteiger partial charge in [-0.3, -0.25) is 19.9 Å². The van der Waals surface area contributed by atoms with Gasteiger partial charge in [0.05, 0.1) is 21.5 Å². The molecule has 3 heterocycles. The molecule has 5 aromatic rings. The second-order valence-electron chi connectivity index (χ2n) is 6.98. The van der Waals surface area contributed by atoms with Gasteiger partial charge in [-0.1, -0.05) is 59.9 Å². The van der Waals surface area contributed by atoms with Crippen molar-refractivity contribution < 1.29 is 0 Å². The Bertz CT molecular complexity index is 1370. The van der Waals surface area contributed by atoms with Crippen LogP contribution in [-0.4, -0.2) is 32.5 Å². The van der Waals surface area contributed by atoms with Crippen LogP contribution in [0.5, 0.6) is 0 Å². The number of nitrogens with one attached hydrogen (secondary N) is 1. The number of aromatic amines is 1. The zero-order chi connectivity index (χ0) is 21.0. The summed E-state index contributed by atoms with van der Waals surface area (Å²) < 4.78 is 2.54. The van der Waals surface area contributed by atoms with Crippen LogP contribution in [0.25, 0.3) is 26.6 Å². The molecular formula is C24H19N5OS. The third-order valence-corrected chi connectivity index (χ3v) is 5.93. The molecule has 2 aromatic carbocycles. The number of pyridine rings is 1. The van der Waals surface area contributed by atoms with Gasteiger partial charge >= 0.3 is 0 Å². The minimum Gasteiger partial charge on any atom is -0.292 e. The Morgan fingerprint density at radius 1 is 1.00 bits per heavy atom. The highest BCUT2D eigenvalue weighted by Crippen LogP contribution is 2.25. The SMILES string of the molecule is O=c1c(/C=N\CCc2ccccn2)c(-c2ccccc2)[nH]n1-c1nc2ccccc2s1. The maximum absolute atomic E-state index is 13.3. The summed E-state index contributed by atoms with van der Waals surface area (Å²) >= 11 is 1.48. The van der Waals surface area contributed by atoms with Gasteiger partial charge in [0.25, 0.3) is 5.56 Å². The van der Waals surface area contributed by atoms with Gasteiger partial charge < -0.3 is 0 Å². The number of thiazole rings is 1. The number of hydrogen-bond acceptors (Lipinski definition) is 5. The first-order valence-electron chi connectivity index (χ1n) is 9.96. The first-order chi connectivity index (χ1) is 15.3. The highest BCUT2D eigenvalue weighted by molar-refractivity contribution is 7.20. The molecule has 0 aliphatic heterocycles. The Balaban J connectivity index is 1.52. The summed E-state index contributed by atoms with van der Waals surface area (Å²) in [4.78, 5) is 26.8. The number of fused-ring (bicyclic) bond motifs is 1. The highest BCUT2D eigenvalue weighted by Gasteiger charge is 2.17. The molecule has 0 unspecified atom stereocenters. The van der Waals surface area contributed by atoms with Gasteiger partial charge in [-0.25, -0.2) is 4.98 Å². The van der Waals surface area contributed by atoms with E-state index in [1.54, 1.807) is 12.4 Å². The molecule has 0 atom stereocenters. The number of rotatable bonds is 6. The summed E-state index contributed by atoms with van der Waals surface area (Å²) in [5.74, 6) is 0. The van der Waals surface area contributed by atoms with Crippen LogP contribution in [0.15, 0.2) is 88.8 Å². The lowest BCUT2D eigenvalue weighted by molar-refractivity contribution is 0.845. The van der Waals surface area contributed by atoms with Crippen molar-refractivity contribution in [1.29, 1.82) is 0 Å². The molecule has 0 saturated heterocycles. The van der Waals surface area contributed by atoms with E-state index in [0.717, 1.165) is 27.2 Å². The number of aromatic nitrogens is 4. The quantitative estimate of drug-likeness (QED) is 0.407. The monoisotopic (exact) mass is 425 g/mol. The normalized spacial score (nSPS) is 11.5. The molecule has 1 N–H and O–H groups in total. The number of H-pyrrole nitrogens is 1. The number of nitrogens with zero attached hydrogens (tertiary/aromatic N) is 4. The molecule has 0 amide bonds. The van der Waals surface area contributed by atoms with Crippen molar-refractivity contribution >= 4 is 27.8 Å². The van der Waals surface area contributed by atoms with Crippen LogP contribution in [0.3, 0.4) is 0 Å². The van der Waals surface area contributed by atoms with Crippen LogP contribution >= 0.6 is 11.3 Å². The first-order valence-corrected chi connectivity index (χ1v) is 10.8. The largest absolute Gasteiger partial charge is 0.292 e.